The Labute approximate surface area is 167 Å². The van der Waals surface area contributed by atoms with Crippen LogP contribution in [0.1, 0.15) is 58.9 Å². The highest BCUT2D eigenvalue weighted by Gasteiger charge is 2.86. The van der Waals surface area contributed by atoms with Crippen molar-refractivity contribution < 1.29 is 21.8 Å². The minimum Gasteiger partial charge on any atom is -0.299 e. The van der Waals surface area contributed by atoms with Crippen LogP contribution in [0.4, 0.5) is 4.39 Å². The van der Waals surface area contributed by atoms with E-state index in [4.69, 9.17) is 4.18 Å². The van der Waals surface area contributed by atoms with E-state index >= 15 is 4.39 Å². The summed E-state index contributed by atoms with van der Waals surface area (Å²) in [4.78, 5) is 13.2. The minimum atomic E-state index is -3.99. The summed E-state index contributed by atoms with van der Waals surface area (Å²) in [6.45, 7) is 9.52. The predicted octanol–water partition coefficient (Wildman–Crippen LogP) is 4.60. The second-order valence-electron chi connectivity index (χ2n) is 9.96. The molecule has 4 nitrogen and oxygen atoms in total. The summed E-state index contributed by atoms with van der Waals surface area (Å²) in [6.07, 6.45) is -0.229. The van der Waals surface area contributed by atoms with Crippen molar-refractivity contribution in [1.82, 2.24) is 0 Å². The van der Waals surface area contributed by atoms with Gasteiger partial charge in [0.15, 0.2) is 0 Å². The molecule has 154 valence electrons. The van der Waals surface area contributed by atoms with Gasteiger partial charge in [0.2, 0.25) is 0 Å². The van der Waals surface area contributed by atoms with Crippen molar-refractivity contribution in [2.75, 3.05) is 0 Å². The summed E-state index contributed by atoms with van der Waals surface area (Å²) >= 11 is 0. The number of aryl methyl sites for hydroxylation is 1. The third-order valence-electron chi connectivity index (χ3n) is 8.69. The highest BCUT2D eigenvalue weighted by Crippen LogP contribution is 2.83. The number of hydrogen-bond donors (Lipinski definition) is 0. The van der Waals surface area contributed by atoms with Crippen LogP contribution < -0.4 is 0 Å². The Morgan fingerprint density at radius 1 is 1.07 bits per heavy atom. The van der Waals surface area contributed by atoms with Gasteiger partial charge in [-0.15, -0.1) is 0 Å². The zero-order valence-corrected chi connectivity index (χ0v) is 18.0. The van der Waals surface area contributed by atoms with E-state index in [0.29, 0.717) is 19.3 Å². The number of carbonyl (C=O) groups is 1. The molecule has 3 aliphatic rings. The molecule has 4 rings (SSSR count). The van der Waals surface area contributed by atoms with Gasteiger partial charge in [-0.05, 0) is 43.7 Å². The van der Waals surface area contributed by atoms with Crippen LogP contribution in [0.25, 0.3) is 0 Å². The molecule has 1 unspecified atom stereocenters. The molecule has 0 amide bonds. The van der Waals surface area contributed by atoms with Crippen LogP contribution >= 0.6 is 0 Å². The lowest BCUT2D eigenvalue weighted by Gasteiger charge is -2.72. The van der Waals surface area contributed by atoms with E-state index in [9.17, 15) is 13.2 Å². The first-order valence-corrected chi connectivity index (χ1v) is 11.4. The minimum absolute atomic E-state index is 0.0607. The van der Waals surface area contributed by atoms with E-state index in [1.54, 1.807) is 12.1 Å². The zero-order chi connectivity index (χ0) is 20.8. The standard InChI is InChI=1S/C22H29FO4S/c1-14-6-8-15(9-7-14)28(25,26)27-17-11-10-16(24)22-18(23)19(2,3)21(22,5)13-12-20(17,22)4/h6-9,17-18H,10-13H2,1-5H3/t17-,18?,20+,21+,22+/m1/s1. The van der Waals surface area contributed by atoms with Gasteiger partial charge in [-0.3, -0.25) is 8.98 Å². The van der Waals surface area contributed by atoms with Gasteiger partial charge in [0.05, 0.1) is 16.4 Å². The van der Waals surface area contributed by atoms with E-state index < -0.39 is 44.1 Å². The van der Waals surface area contributed by atoms with Crippen LogP contribution in [0.3, 0.4) is 0 Å². The fraction of sp³-hybridized carbons (Fsp3) is 0.682. The van der Waals surface area contributed by atoms with Crippen molar-refractivity contribution in [3.05, 3.63) is 29.8 Å². The Balaban J connectivity index is 1.74. The van der Waals surface area contributed by atoms with Gasteiger partial charge in [-0.1, -0.05) is 45.4 Å². The van der Waals surface area contributed by atoms with Crippen LogP contribution in [0.15, 0.2) is 29.2 Å². The van der Waals surface area contributed by atoms with Crippen LogP contribution in [0.2, 0.25) is 0 Å². The molecule has 0 aromatic heterocycles. The lowest BCUT2D eigenvalue weighted by Crippen LogP contribution is -2.78. The molecule has 0 radical (unpaired) electrons. The molecule has 1 aromatic rings. The summed E-state index contributed by atoms with van der Waals surface area (Å²) in [5, 5.41) is 0. The summed E-state index contributed by atoms with van der Waals surface area (Å²) in [5.74, 6) is -0.0607. The predicted molar refractivity (Wildman–Crippen MR) is 104 cm³/mol. The summed E-state index contributed by atoms with van der Waals surface area (Å²) in [7, 11) is -3.99. The smallest absolute Gasteiger partial charge is 0.297 e. The number of alkyl halides is 1. The first-order valence-electron chi connectivity index (χ1n) is 10.0. The van der Waals surface area contributed by atoms with Crippen molar-refractivity contribution in [3.63, 3.8) is 0 Å². The van der Waals surface area contributed by atoms with Crippen molar-refractivity contribution in [2.45, 2.75) is 77.5 Å². The number of ketones is 1. The molecule has 6 heteroatoms. The SMILES string of the molecule is Cc1ccc(S(=O)(=O)O[C@@H]2CCC(=O)[C@@]34C(F)C(C)(C)[C@]3(C)CC[C@@]24C)cc1. The van der Waals surface area contributed by atoms with Gasteiger partial charge in [-0.2, -0.15) is 8.42 Å². The van der Waals surface area contributed by atoms with E-state index in [-0.39, 0.29) is 17.1 Å². The first-order chi connectivity index (χ1) is 12.8. The normalized spacial score (nSPS) is 41.9. The molecule has 0 aliphatic heterocycles. The lowest BCUT2D eigenvalue weighted by molar-refractivity contribution is -0.279. The zero-order valence-electron chi connectivity index (χ0n) is 17.2. The maximum atomic E-state index is 15.7. The fourth-order valence-corrected chi connectivity index (χ4v) is 7.90. The lowest BCUT2D eigenvalue weighted by atomic mass is 9.31. The molecule has 0 saturated heterocycles. The average molecular weight is 409 g/mol. The fourth-order valence-electron chi connectivity index (χ4n) is 6.71. The summed E-state index contributed by atoms with van der Waals surface area (Å²) in [5.41, 5.74) is -2.13. The Morgan fingerprint density at radius 3 is 2.29 bits per heavy atom. The van der Waals surface area contributed by atoms with Gasteiger partial charge in [0.1, 0.15) is 12.0 Å². The third-order valence-corrected chi connectivity index (χ3v) is 10.0. The summed E-state index contributed by atoms with van der Waals surface area (Å²) in [6, 6.07) is 6.50. The number of halogens is 1. The van der Waals surface area contributed by atoms with Crippen molar-refractivity contribution >= 4 is 15.9 Å². The number of benzene rings is 1. The third kappa shape index (κ3) is 2.03. The van der Waals surface area contributed by atoms with Crippen molar-refractivity contribution in [1.29, 1.82) is 0 Å². The molecular weight excluding hydrogens is 379 g/mol. The number of rotatable bonds is 3. The van der Waals surface area contributed by atoms with Crippen LogP contribution in [-0.4, -0.2) is 26.5 Å². The van der Waals surface area contributed by atoms with Crippen LogP contribution in [-0.2, 0) is 19.1 Å². The number of Topliss-reactive ketones (excluding diaryl/α,β-unsaturated/α-hetero) is 1. The van der Waals surface area contributed by atoms with E-state index in [1.807, 2.05) is 34.6 Å². The molecule has 0 heterocycles. The quantitative estimate of drug-likeness (QED) is 0.686. The Kier molecular flexibility index (Phi) is 4.05. The monoisotopic (exact) mass is 408 g/mol. The van der Waals surface area contributed by atoms with E-state index in [1.165, 1.54) is 12.1 Å². The highest BCUT2D eigenvalue weighted by atomic mass is 32.2. The van der Waals surface area contributed by atoms with E-state index in [0.717, 1.165) is 5.56 Å². The summed E-state index contributed by atoms with van der Waals surface area (Å²) < 4.78 is 47.2. The van der Waals surface area contributed by atoms with Gasteiger partial charge >= 0.3 is 0 Å². The van der Waals surface area contributed by atoms with Crippen LogP contribution in [0, 0.1) is 28.6 Å². The largest absolute Gasteiger partial charge is 0.299 e. The van der Waals surface area contributed by atoms with Gasteiger partial charge < -0.3 is 0 Å². The second kappa shape index (κ2) is 5.66. The van der Waals surface area contributed by atoms with Crippen molar-refractivity contribution in [3.8, 4) is 0 Å². The molecule has 0 bridgehead atoms. The molecule has 0 N–H and O–H groups in total. The Morgan fingerprint density at radius 2 is 1.68 bits per heavy atom. The van der Waals surface area contributed by atoms with Gasteiger partial charge in [0.25, 0.3) is 10.1 Å². The molecule has 5 atom stereocenters. The molecule has 3 aliphatic carbocycles. The molecular formula is C22H29FO4S. The second-order valence-corrected chi connectivity index (χ2v) is 11.5. The average Bonchev–Trinajstić information content (AvgIpc) is 2.87. The van der Waals surface area contributed by atoms with E-state index in [2.05, 4.69) is 0 Å². The topological polar surface area (TPSA) is 60.4 Å². The highest BCUT2D eigenvalue weighted by molar-refractivity contribution is 7.86. The van der Waals surface area contributed by atoms with Crippen molar-refractivity contribution in [2.24, 2.45) is 21.7 Å². The molecule has 3 saturated carbocycles. The van der Waals surface area contributed by atoms with Gasteiger partial charge in [-0.25, -0.2) is 4.39 Å². The first kappa shape index (κ1) is 20.0. The Hall–Kier alpha value is -1.27. The number of hydrogen-bond acceptors (Lipinski definition) is 4. The maximum Gasteiger partial charge on any atom is 0.297 e. The maximum absolute atomic E-state index is 15.7. The van der Waals surface area contributed by atoms with Gasteiger partial charge in [0, 0.05) is 17.3 Å². The molecule has 1 spiro atoms. The van der Waals surface area contributed by atoms with Crippen LogP contribution in [0.5, 0.6) is 0 Å². The molecule has 28 heavy (non-hydrogen) atoms. The Bertz CT molecular complexity index is 938. The molecule has 1 aromatic carbocycles. The molecule has 3 fully saturated rings. The number of carbonyl (C=O) groups excluding carboxylic acids is 1.